The Kier molecular flexibility index (Phi) is 16.7. The van der Waals surface area contributed by atoms with Crippen molar-refractivity contribution in [3.8, 4) is 0 Å². The molecule has 236 valence electrons. The lowest BCUT2D eigenvalue weighted by atomic mass is 10.1. The van der Waals surface area contributed by atoms with Crippen molar-refractivity contribution in [2.45, 2.75) is 84.5 Å². The number of carbonyl (C=O) groups is 9. The summed E-state index contributed by atoms with van der Waals surface area (Å²) < 4.78 is 0. The van der Waals surface area contributed by atoms with E-state index >= 15 is 0 Å². The Morgan fingerprint density at radius 3 is 1.52 bits per heavy atom. The summed E-state index contributed by atoms with van der Waals surface area (Å²) in [7, 11) is 0. The van der Waals surface area contributed by atoms with E-state index in [0.29, 0.717) is 0 Å². The number of carbonyl (C=O) groups excluding carboxylic acids is 7. The molecule has 17 heteroatoms. The number of carboxylic acids is 2. The van der Waals surface area contributed by atoms with E-state index in [2.05, 4.69) is 31.9 Å². The van der Waals surface area contributed by atoms with E-state index < -0.39 is 90.9 Å². The maximum absolute atomic E-state index is 12.6. The number of aliphatic carboxylic acids is 2. The summed E-state index contributed by atoms with van der Waals surface area (Å²) in [5, 5.41) is 31.6. The van der Waals surface area contributed by atoms with Crippen molar-refractivity contribution in [1.29, 1.82) is 0 Å². The number of Topliss-reactive ketones (excluding diaryl/α,β-unsaturated/α-hetero) is 1. The Balaban J connectivity index is 4.95. The molecular formula is C25H40N6O11. The predicted octanol–water partition coefficient (Wildman–Crippen LogP) is -2.83. The zero-order chi connectivity index (χ0) is 32.6. The maximum atomic E-state index is 12.6. The van der Waals surface area contributed by atoms with E-state index in [1.54, 1.807) is 13.8 Å². The first-order valence-corrected chi connectivity index (χ1v) is 13.1. The number of ketones is 1. The van der Waals surface area contributed by atoms with Crippen LogP contribution in [-0.4, -0.2) is 101 Å². The largest absolute Gasteiger partial charge is 0.481 e. The van der Waals surface area contributed by atoms with Crippen LogP contribution in [0.3, 0.4) is 0 Å². The van der Waals surface area contributed by atoms with Crippen LogP contribution in [0.2, 0.25) is 0 Å². The molecule has 0 aliphatic carbocycles. The Morgan fingerprint density at radius 2 is 1.05 bits per heavy atom. The highest BCUT2D eigenvalue weighted by Crippen LogP contribution is 2.01. The second kappa shape index (κ2) is 18.7. The Hall–Kier alpha value is -4.57. The predicted molar refractivity (Wildman–Crippen MR) is 144 cm³/mol. The highest BCUT2D eigenvalue weighted by Gasteiger charge is 2.27. The molecule has 0 aromatic heterocycles. The van der Waals surface area contributed by atoms with Gasteiger partial charge in [-0.25, -0.2) is 0 Å². The van der Waals surface area contributed by atoms with E-state index in [4.69, 9.17) is 10.2 Å². The zero-order valence-corrected chi connectivity index (χ0v) is 24.2. The molecule has 0 aliphatic rings. The molecule has 6 amide bonds. The van der Waals surface area contributed by atoms with Crippen molar-refractivity contribution in [3.05, 3.63) is 0 Å². The molecule has 0 bridgehead atoms. The van der Waals surface area contributed by atoms with Gasteiger partial charge in [0.05, 0.1) is 13.1 Å². The van der Waals surface area contributed by atoms with Crippen LogP contribution in [0.1, 0.15) is 60.3 Å². The normalized spacial score (nSPS) is 13.4. The summed E-state index contributed by atoms with van der Waals surface area (Å²) in [6, 6.07) is -4.89. The van der Waals surface area contributed by atoms with Gasteiger partial charge in [-0.3, -0.25) is 43.2 Å². The first-order valence-electron chi connectivity index (χ1n) is 13.1. The molecule has 0 fully saturated rings. The van der Waals surface area contributed by atoms with Gasteiger partial charge in [0, 0.05) is 25.7 Å². The number of rotatable bonds is 19. The van der Waals surface area contributed by atoms with Crippen molar-refractivity contribution in [1.82, 2.24) is 31.9 Å². The topological polar surface area (TPSA) is 266 Å². The Morgan fingerprint density at radius 1 is 0.571 bits per heavy atom. The summed E-state index contributed by atoms with van der Waals surface area (Å²) in [6.07, 6.45) is -1.36. The first-order chi connectivity index (χ1) is 19.4. The fourth-order valence-corrected chi connectivity index (χ4v) is 3.17. The minimum Gasteiger partial charge on any atom is -0.481 e. The van der Waals surface area contributed by atoms with E-state index in [9.17, 15) is 43.2 Å². The minimum absolute atomic E-state index is 0.216. The van der Waals surface area contributed by atoms with Crippen LogP contribution in [0, 0.1) is 5.92 Å². The molecule has 17 nitrogen and oxygen atoms in total. The third kappa shape index (κ3) is 15.9. The van der Waals surface area contributed by atoms with Gasteiger partial charge < -0.3 is 42.1 Å². The van der Waals surface area contributed by atoms with Crippen LogP contribution in [0.5, 0.6) is 0 Å². The van der Waals surface area contributed by atoms with Crippen molar-refractivity contribution in [2.75, 3.05) is 13.1 Å². The molecule has 0 unspecified atom stereocenters. The number of hydrogen-bond acceptors (Lipinski definition) is 9. The van der Waals surface area contributed by atoms with E-state index in [-0.39, 0.29) is 31.1 Å². The summed E-state index contributed by atoms with van der Waals surface area (Å²) in [5.74, 6) is -7.62. The van der Waals surface area contributed by atoms with Gasteiger partial charge >= 0.3 is 11.9 Å². The number of amides is 6. The van der Waals surface area contributed by atoms with Gasteiger partial charge in [-0.2, -0.15) is 0 Å². The highest BCUT2D eigenvalue weighted by atomic mass is 16.4. The standard InChI is InChI=1S/C25H40N6O11/c1-12(2)18(33)10-26-24(41)16(6-8-20(35)36)31-23(40)14(4)28-19(34)11-27-22(39)13(3)29-25(42)17(30-15(5)32)7-9-21(37)38/h12-14,16-17H,6-11H2,1-5H3,(H,26,41)(H,27,39)(H,28,34)(H,29,42)(H,30,32)(H,31,40)(H,35,36)(H,37,38)/t13-,14-,16-,17-/m0/s1. The Labute approximate surface area is 242 Å². The molecule has 0 heterocycles. The average molecular weight is 601 g/mol. The quantitative estimate of drug-likeness (QED) is 0.0749. The van der Waals surface area contributed by atoms with Crippen molar-refractivity contribution in [3.63, 3.8) is 0 Å². The van der Waals surface area contributed by atoms with Crippen LogP contribution < -0.4 is 31.9 Å². The summed E-state index contributed by atoms with van der Waals surface area (Å²) >= 11 is 0. The fourth-order valence-electron chi connectivity index (χ4n) is 3.17. The zero-order valence-electron chi connectivity index (χ0n) is 24.2. The molecular weight excluding hydrogens is 560 g/mol. The molecule has 0 spiro atoms. The summed E-state index contributed by atoms with van der Waals surface area (Å²) in [5.41, 5.74) is 0. The van der Waals surface area contributed by atoms with Gasteiger partial charge in [0.1, 0.15) is 24.2 Å². The monoisotopic (exact) mass is 600 g/mol. The SMILES string of the molecule is CC(=O)N[C@@H](CCC(=O)O)C(=O)N[C@@H](C)C(=O)NCC(=O)N[C@@H](C)C(=O)N[C@@H](CCC(=O)O)C(=O)NCC(=O)C(C)C. The van der Waals surface area contributed by atoms with Crippen LogP contribution in [-0.2, 0) is 43.2 Å². The number of hydrogen-bond donors (Lipinski definition) is 8. The molecule has 0 saturated heterocycles. The van der Waals surface area contributed by atoms with E-state index in [1.165, 1.54) is 13.8 Å². The van der Waals surface area contributed by atoms with Crippen LogP contribution in [0.15, 0.2) is 0 Å². The lowest BCUT2D eigenvalue weighted by Gasteiger charge is -2.21. The summed E-state index contributed by atoms with van der Waals surface area (Å²) in [4.78, 5) is 107. The Bertz CT molecular complexity index is 1050. The van der Waals surface area contributed by atoms with E-state index in [1.807, 2.05) is 0 Å². The molecule has 42 heavy (non-hydrogen) atoms. The number of nitrogens with one attached hydrogen (secondary N) is 6. The molecule has 0 aliphatic heterocycles. The van der Waals surface area contributed by atoms with Crippen molar-refractivity contribution < 1.29 is 53.4 Å². The van der Waals surface area contributed by atoms with Crippen molar-refractivity contribution in [2.24, 2.45) is 5.92 Å². The molecule has 0 saturated carbocycles. The number of carboxylic acid groups (broad SMARTS) is 2. The minimum atomic E-state index is -1.30. The third-order valence-electron chi connectivity index (χ3n) is 5.65. The molecule has 4 atom stereocenters. The van der Waals surface area contributed by atoms with Gasteiger partial charge in [-0.15, -0.1) is 0 Å². The second-order valence-electron chi connectivity index (χ2n) is 9.76. The summed E-state index contributed by atoms with van der Waals surface area (Å²) in [6.45, 7) is 6.07. The van der Waals surface area contributed by atoms with Gasteiger partial charge in [0.15, 0.2) is 5.78 Å². The van der Waals surface area contributed by atoms with Crippen molar-refractivity contribution >= 4 is 53.2 Å². The lowest BCUT2D eigenvalue weighted by Crippen LogP contribution is -2.55. The maximum Gasteiger partial charge on any atom is 0.303 e. The molecule has 8 N–H and O–H groups in total. The van der Waals surface area contributed by atoms with Crippen LogP contribution in [0.25, 0.3) is 0 Å². The second-order valence-corrected chi connectivity index (χ2v) is 9.76. The van der Waals surface area contributed by atoms with Gasteiger partial charge in [0.2, 0.25) is 35.4 Å². The van der Waals surface area contributed by atoms with Crippen LogP contribution in [0.4, 0.5) is 0 Å². The first kappa shape index (κ1) is 37.4. The van der Waals surface area contributed by atoms with Gasteiger partial charge in [-0.05, 0) is 26.7 Å². The van der Waals surface area contributed by atoms with Gasteiger partial charge in [-0.1, -0.05) is 13.8 Å². The smallest absolute Gasteiger partial charge is 0.303 e. The lowest BCUT2D eigenvalue weighted by molar-refractivity contribution is -0.139. The molecule has 0 aromatic rings. The van der Waals surface area contributed by atoms with Gasteiger partial charge in [0.25, 0.3) is 0 Å². The van der Waals surface area contributed by atoms with E-state index in [0.717, 1.165) is 6.92 Å². The molecule has 0 radical (unpaired) electrons. The fraction of sp³-hybridized carbons (Fsp3) is 0.640. The third-order valence-corrected chi connectivity index (χ3v) is 5.65. The van der Waals surface area contributed by atoms with Crippen LogP contribution >= 0.6 is 0 Å². The molecule has 0 rings (SSSR count). The highest BCUT2D eigenvalue weighted by molar-refractivity contribution is 5.95. The molecule has 0 aromatic carbocycles. The average Bonchev–Trinajstić information content (AvgIpc) is 2.89.